The molecule has 0 aromatic rings. The Hall–Kier alpha value is -0.120. The van der Waals surface area contributed by atoms with E-state index in [9.17, 15) is 0 Å². The highest BCUT2D eigenvalue weighted by Crippen LogP contribution is 2.68. The summed E-state index contributed by atoms with van der Waals surface area (Å²) < 4.78 is 6.33. The van der Waals surface area contributed by atoms with Gasteiger partial charge in [-0.25, -0.2) is 0 Å². The maximum atomic E-state index is 6.33. The molecule has 0 aromatic carbocycles. The molecule has 4 fully saturated rings. The van der Waals surface area contributed by atoms with Crippen molar-refractivity contribution in [2.24, 2.45) is 58.0 Å². The molecule has 4 aliphatic carbocycles. The number of fused-ring (bicyclic) bond motifs is 5. The van der Waals surface area contributed by atoms with E-state index < -0.39 is 0 Å². The summed E-state index contributed by atoms with van der Waals surface area (Å²) in [5, 5.41) is 3.38. The van der Waals surface area contributed by atoms with E-state index in [1.807, 2.05) is 0 Å². The van der Waals surface area contributed by atoms with Crippen molar-refractivity contribution in [3.8, 4) is 0 Å². The Morgan fingerprint density at radius 3 is 2.41 bits per heavy atom. The van der Waals surface area contributed by atoms with Crippen LogP contribution in [0.25, 0.3) is 0 Å². The van der Waals surface area contributed by atoms with E-state index >= 15 is 0 Å². The molecular formula is C31H58N2O. The quantitative estimate of drug-likeness (QED) is 0.316. The zero-order valence-electron chi connectivity index (χ0n) is 23.4. The van der Waals surface area contributed by atoms with Gasteiger partial charge in [-0.3, -0.25) is 0 Å². The van der Waals surface area contributed by atoms with E-state index in [0.717, 1.165) is 61.1 Å². The standard InChI is InChI=1S/C31H58N2O/c1-22(2)7-6-8-23(3)27-11-12-28-26-10-9-24-21-25(34-20-19-33-18-17-32)13-15-30(24,4)29(26)14-16-31(27,28)5/h22-29,33H,6-21,32H2,1-5H3/t23-,24+,25+,26+,27-,28+,29+,30+,31-/m1/s1. The van der Waals surface area contributed by atoms with Crippen molar-refractivity contribution in [1.29, 1.82) is 0 Å². The van der Waals surface area contributed by atoms with Gasteiger partial charge in [-0.2, -0.15) is 0 Å². The van der Waals surface area contributed by atoms with Crippen molar-refractivity contribution in [1.82, 2.24) is 5.32 Å². The third kappa shape index (κ3) is 5.42. The van der Waals surface area contributed by atoms with Gasteiger partial charge < -0.3 is 15.8 Å². The second-order valence-corrected chi connectivity index (χ2v) is 14.0. The predicted octanol–water partition coefficient (Wildman–Crippen LogP) is 7.04. The average Bonchev–Trinajstić information content (AvgIpc) is 3.16. The molecule has 0 heterocycles. The van der Waals surface area contributed by atoms with Crippen molar-refractivity contribution in [3.63, 3.8) is 0 Å². The van der Waals surface area contributed by atoms with Gasteiger partial charge in [0, 0.05) is 19.6 Å². The molecule has 4 aliphatic rings. The summed E-state index contributed by atoms with van der Waals surface area (Å²) in [5.74, 6) is 6.64. The third-order valence-corrected chi connectivity index (χ3v) is 11.8. The minimum atomic E-state index is 0.491. The molecule has 0 aliphatic heterocycles. The highest BCUT2D eigenvalue weighted by atomic mass is 16.5. The average molecular weight is 475 g/mol. The van der Waals surface area contributed by atoms with Crippen molar-refractivity contribution >= 4 is 0 Å². The molecule has 34 heavy (non-hydrogen) atoms. The Balaban J connectivity index is 1.34. The largest absolute Gasteiger partial charge is 0.377 e. The fraction of sp³-hybridized carbons (Fsp3) is 1.00. The van der Waals surface area contributed by atoms with Crippen LogP contribution < -0.4 is 11.1 Å². The summed E-state index contributed by atoms with van der Waals surface area (Å²) in [7, 11) is 0. The van der Waals surface area contributed by atoms with Crippen molar-refractivity contribution < 1.29 is 4.74 Å². The van der Waals surface area contributed by atoms with Crippen LogP contribution in [0.5, 0.6) is 0 Å². The fourth-order valence-corrected chi connectivity index (χ4v) is 9.92. The lowest BCUT2D eigenvalue weighted by Crippen LogP contribution is -2.54. The van der Waals surface area contributed by atoms with Gasteiger partial charge in [0.05, 0.1) is 12.7 Å². The van der Waals surface area contributed by atoms with Crippen LogP contribution in [0.1, 0.15) is 112 Å². The van der Waals surface area contributed by atoms with Crippen molar-refractivity contribution in [3.05, 3.63) is 0 Å². The molecule has 9 atom stereocenters. The molecule has 0 spiro atoms. The molecule has 0 radical (unpaired) electrons. The highest BCUT2D eigenvalue weighted by molar-refractivity contribution is 5.09. The molecule has 4 rings (SSSR count). The van der Waals surface area contributed by atoms with Crippen LogP contribution in [-0.4, -0.2) is 32.3 Å². The van der Waals surface area contributed by atoms with E-state index in [1.54, 1.807) is 0 Å². The highest BCUT2D eigenvalue weighted by Gasteiger charge is 2.60. The smallest absolute Gasteiger partial charge is 0.0594 e. The van der Waals surface area contributed by atoms with E-state index in [0.29, 0.717) is 23.5 Å². The second-order valence-electron chi connectivity index (χ2n) is 14.0. The predicted molar refractivity (Wildman–Crippen MR) is 145 cm³/mol. The zero-order valence-corrected chi connectivity index (χ0v) is 23.4. The van der Waals surface area contributed by atoms with Crippen molar-refractivity contribution in [2.45, 2.75) is 118 Å². The summed E-state index contributed by atoms with van der Waals surface area (Å²) in [6.07, 6.45) is 17.8. The molecule has 0 bridgehead atoms. The summed E-state index contributed by atoms with van der Waals surface area (Å²) in [6.45, 7) is 16.2. The lowest BCUT2D eigenvalue weighted by molar-refractivity contribution is -0.136. The normalized spacial score (nSPS) is 42.8. The maximum Gasteiger partial charge on any atom is 0.0594 e. The Labute approximate surface area is 212 Å². The van der Waals surface area contributed by atoms with Crippen LogP contribution in [-0.2, 0) is 4.74 Å². The van der Waals surface area contributed by atoms with E-state index in [4.69, 9.17) is 10.5 Å². The molecule has 0 aromatic heterocycles. The first-order valence-corrected chi connectivity index (χ1v) is 15.3. The number of ether oxygens (including phenoxy) is 1. The molecule has 0 unspecified atom stereocenters. The zero-order chi connectivity index (χ0) is 24.3. The van der Waals surface area contributed by atoms with Gasteiger partial charge in [0.15, 0.2) is 0 Å². The van der Waals surface area contributed by atoms with E-state index in [-0.39, 0.29) is 0 Å². The molecule has 3 N–H and O–H groups in total. The van der Waals surface area contributed by atoms with Crippen LogP contribution in [0.15, 0.2) is 0 Å². The van der Waals surface area contributed by atoms with Gasteiger partial charge in [-0.15, -0.1) is 0 Å². The fourth-order valence-electron chi connectivity index (χ4n) is 9.92. The summed E-state index contributed by atoms with van der Waals surface area (Å²) in [5.41, 5.74) is 6.78. The third-order valence-electron chi connectivity index (χ3n) is 11.8. The van der Waals surface area contributed by atoms with Crippen LogP contribution in [0.3, 0.4) is 0 Å². The van der Waals surface area contributed by atoms with Gasteiger partial charge in [-0.05, 0) is 110 Å². The van der Waals surface area contributed by atoms with Crippen LogP contribution in [0, 0.1) is 52.3 Å². The Kier molecular flexibility index (Phi) is 9.12. The first kappa shape index (κ1) is 26.9. The van der Waals surface area contributed by atoms with Gasteiger partial charge in [0.25, 0.3) is 0 Å². The van der Waals surface area contributed by atoms with Gasteiger partial charge >= 0.3 is 0 Å². The minimum absolute atomic E-state index is 0.491. The molecule has 198 valence electrons. The lowest BCUT2D eigenvalue weighted by Gasteiger charge is -2.61. The minimum Gasteiger partial charge on any atom is -0.377 e. The Morgan fingerprint density at radius 2 is 1.65 bits per heavy atom. The van der Waals surface area contributed by atoms with E-state index in [2.05, 4.69) is 39.9 Å². The summed E-state index contributed by atoms with van der Waals surface area (Å²) >= 11 is 0. The van der Waals surface area contributed by atoms with Crippen molar-refractivity contribution in [2.75, 3.05) is 26.2 Å². The van der Waals surface area contributed by atoms with Gasteiger partial charge in [0.2, 0.25) is 0 Å². The lowest BCUT2D eigenvalue weighted by atomic mass is 9.44. The number of nitrogens with one attached hydrogen (secondary N) is 1. The summed E-state index contributed by atoms with van der Waals surface area (Å²) in [6, 6.07) is 0. The molecule has 3 heteroatoms. The first-order chi connectivity index (χ1) is 16.3. The SMILES string of the molecule is CC(C)CCC[C@@H](C)[C@H]1CC[C@H]2[C@@H]3CC[C@H]4C[C@@H](OCCNCCN)CC[C@]4(C)[C@H]3CC[C@]12C. The topological polar surface area (TPSA) is 47.3 Å². The Morgan fingerprint density at radius 1 is 0.882 bits per heavy atom. The number of nitrogens with two attached hydrogens (primary N) is 1. The monoisotopic (exact) mass is 474 g/mol. The molecule has 3 nitrogen and oxygen atoms in total. The van der Waals surface area contributed by atoms with Gasteiger partial charge in [-0.1, -0.05) is 53.9 Å². The van der Waals surface area contributed by atoms with Gasteiger partial charge in [0.1, 0.15) is 0 Å². The van der Waals surface area contributed by atoms with Crippen LogP contribution in [0.4, 0.5) is 0 Å². The molecule has 0 amide bonds. The van der Waals surface area contributed by atoms with E-state index in [1.165, 1.54) is 77.0 Å². The second kappa shape index (κ2) is 11.5. The molecular weight excluding hydrogens is 416 g/mol. The van der Waals surface area contributed by atoms with Crippen LogP contribution in [0.2, 0.25) is 0 Å². The van der Waals surface area contributed by atoms with Crippen LogP contribution >= 0.6 is 0 Å². The summed E-state index contributed by atoms with van der Waals surface area (Å²) in [4.78, 5) is 0. The molecule has 0 saturated heterocycles. The molecule has 4 saturated carbocycles. The number of hydrogen-bond acceptors (Lipinski definition) is 3. The number of rotatable bonds is 11. The maximum absolute atomic E-state index is 6.33. The Bertz CT molecular complexity index is 637. The number of hydrogen-bond donors (Lipinski definition) is 2. The first-order valence-electron chi connectivity index (χ1n) is 15.3.